The largest absolute Gasteiger partial charge is 0.383 e. The predicted octanol–water partition coefficient (Wildman–Crippen LogP) is 3.43. The first-order chi connectivity index (χ1) is 11.0. The average molecular weight is 334 g/mol. The van der Waals surface area contributed by atoms with Crippen LogP contribution in [0.15, 0.2) is 42.5 Å². The van der Waals surface area contributed by atoms with Crippen LogP contribution in [0.5, 0.6) is 0 Å². The second-order valence-corrected chi connectivity index (χ2v) is 6.26. The predicted molar refractivity (Wildman–Crippen MR) is 87.0 cm³/mol. The maximum atomic E-state index is 13.1. The highest BCUT2D eigenvalue weighted by Gasteiger charge is 2.34. The smallest absolute Gasteiger partial charge is 0.252 e. The number of carbonyl (C=O) groups is 1. The second-order valence-electron chi connectivity index (χ2n) is 5.85. The summed E-state index contributed by atoms with van der Waals surface area (Å²) in [4.78, 5) is 12.2. The molecule has 1 amide bonds. The number of benzene rings is 2. The number of amides is 1. The maximum Gasteiger partial charge on any atom is 0.252 e. The molecule has 2 N–H and O–H groups in total. The maximum absolute atomic E-state index is 13.1. The van der Waals surface area contributed by atoms with Crippen LogP contribution in [0.25, 0.3) is 0 Å². The summed E-state index contributed by atoms with van der Waals surface area (Å²) < 4.78 is 13.1. The standard InChI is InChI=1S/C18H17ClFNO2/c19-16-10-13(20)7-8-14(16)17(22)21-11-18(23)9-3-5-12-4-1-2-6-15(12)18/h1-2,4,6-8,10,23H,3,5,9,11H2,(H,21,22). The van der Waals surface area contributed by atoms with Crippen molar-refractivity contribution in [1.29, 1.82) is 0 Å². The number of hydrogen-bond donors (Lipinski definition) is 2. The van der Waals surface area contributed by atoms with Crippen LogP contribution < -0.4 is 5.32 Å². The Morgan fingerprint density at radius 3 is 2.87 bits per heavy atom. The minimum absolute atomic E-state index is 0.0542. The van der Waals surface area contributed by atoms with Crippen molar-refractivity contribution >= 4 is 17.5 Å². The molecule has 0 bridgehead atoms. The molecule has 0 aliphatic heterocycles. The van der Waals surface area contributed by atoms with Gasteiger partial charge in [0.1, 0.15) is 11.4 Å². The lowest BCUT2D eigenvalue weighted by atomic mass is 9.79. The first-order valence-corrected chi connectivity index (χ1v) is 7.91. The lowest BCUT2D eigenvalue weighted by Gasteiger charge is -2.34. The van der Waals surface area contributed by atoms with E-state index in [0.29, 0.717) is 6.42 Å². The van der Waals surface area contributed by atoms with Crippen LogP contribution in [-0.4, -0.2) is 17.6 Å². The number of fused-ring (bicyclic) bond motifs is 1. The van der Waals surface area contributed by atoms with E-state index in [0.717, 1.165) is 30.0 Å². The summed E-state index contributed by atoms with van der Waals surface area (Å²) in [5, 5.41) is 13.7. The van der Waals surface area contributed by atoms with Gasteiger partial charge in [-0.2, -0.15) is 0 Å². The fraction of sp³-hybridized carbons (Fsp3) is 0.278. The van der Waals surface area contributed by atoms with E-state index in [1.54, 1.807) is 0 Å². The molecule has 2 aromatic rings. The Labute approximate surface area is 139 Å². The monoisotopic (exact) mass is 333 g/mol. The van der Waals surface area contributed by atoms with Crippen molar-refractivity contribution in [1.82, 2.24) is 5.32 Å². The Morgan fingerprint density at radius 1 is 1.30 bits per heavy atom. The molecule has 3 nitrogen and oxygen atoms in total. The van der Waals surface area contributed by atoms with Crippen molar-refractivity contribution in [2.75, 3.05) is 6.54 Å². The Hall–Kier alpha value is -1.91. The molecular formula is C18H17ClFNO2. The molecule has 1 aliphatic rings. The molecule has 3 rings (SSSR count). The fourth-order valence-corrected chi connectivity index (χ4v) is 3.33. The summed E-state index contributed by atoms with van der Waals surface area (Å²) >= 11 is 5.90. The van der Waals surface area contributed by atoms with Crippen LogP contribution in [0.3, 0.4) is 0 Å². The second kappa shape index (κ2) is 6.30. The molecule has 23 heavy (non-hydrogen) atoms. The highest BCUT2D eigenvalue weighted by atomic mass is 35.5. The summed E-state index contributed by atoms with van der Waals surface area (Å²) in [6.07, 6.45) is 2.37. The molecule has 2 aromatic carbocycles. The molecule has 0 aromatic heterocycles. The van der Waals surface area contributed by atoms with Crippen LogP contribution in [0.2, 0.25) is 5.02 Å². The molecule has 0 saturated carbocycles. The van der Waals surface area contributed by atoms with Gasteiger partial charge >= 0.3 is 0 Å². The molecule has 0 fully saturated rings. The van der Waals surface area contributed by atoms with Crippen LogP contribution in [-0.2, 0) is 12.0 Å². The first-order valence-electron chi connectivity index (χ1n) is 7.54. The van der Waals surface area contributed by atoms with Gasteiger partial charge in [-0.15, -0.1) is 0 Å². The Bertz CT molecular complexity index is 750. The van der Waals surface area contributed by atoms with E-state index in [9.17, 15) is 14.3 Å². The number of aliphatic hydroxyl groups is 1. The summed E-state index contributed by atoms with van der Waals surface area (Å²) in [5.74, 6) is -0.919. The molecule has 1 atom stereocenters. The third kappa shape index (κ3) is 3.23. The molecule has 0 spiro atoms. The fourth-order valence-electron chi connectivity index (χ4n) is 3.08. The van der Waals surface area contributed by atoms with Crippen molar-refractivity contribution in [3.8, 4) is 0 Å². The molecular weight excluding hydrogens is 317 g/mol. The highest BCUT2D eigenvalue weighted by Crippen LogP contribution is 2.34. The Morgan fingerprint density at radius 2 is 2.09 bits per heavy atom. The van der Waals surface area contributed by atoms with Gasteiger partial charge in [-0.3, -0.25) is 4.79 Å². The minimum Gasteiger partial charge on any atom is -0.383 e. The van der Waals surface area contributed by atoms with E-state index in [4.69, 9.17) is 11.6 Å². The number of rotatable bonds is 3. The van der Waals surface area contributed by atoms with Gasteiger partial charge in [-0.25, -0.2) is 4.39 Å². The normalized spacial score (nSPS) is 20.0. The highest BCUT2D eigenvalue weighted by molar-refractivity contribution is 6.33. The molecule has 1 unspecified atom stereocenters. The first kappa shape index (κ1) is 16.0. The molecule has 5 heteroatoms. The van der Waals surface area contributed by atoms with Crippen LogP contribution in [0.4, 0.5) is 4.39 Å². The zero-order chi connectivity index (χ0) is 16.4. The van der Waals surface area contributed by atoms with Gasteiger partial charge in [-0.1, -0.05) is 35.9 Å². The number of carbonyl (C=O) groups excluding carboxylic acids is 1. The van der Waals surface area contributed by atoms with Gasteiger partial charge in [0.2, 0.25) is 0 Å². The average Bonchev–Trinajstić information content (AvgIpc) is 2.53. The van der Waals surface area contributed by atoms with E-state index in [2.05, 4.69) is 5.32 Å². The number of hydrogen-bond acceptors (Lipinski definition) is 2. The number of nitrogens with one attached hydrogen (secondary N) is 1. The third-order valence-corrected chi connectivity index (χ3v) is 4.59. The lowest BCUT2D eigenvalue weighted by Crippen LogP contribution is -2.43. The quantitative estimate of drug-likeness (QED) is 0.904. The molecule has 120 valence electrons. The SMILES string of the molecule is O=C(NCC1(O)CCCc2ccccc21)c1ccc(F)cc1Cl. The summed E-state index contributed by atoms with van der Waals surface area (Å²) in [5.41, 5.74) is 1.07. The van der Waals surface area contributed by atoms with Gasteiger partial charge < -0.3 is 10.4 Å². The van der Waals surface area contributed by atoms with Crippen molar-refractivity contribution in [3.05, 3.63) is 70.0 Å². The van der Waals surface area contributed by atoms with Gasteiger partial charge in [0, 0.05) is 0 Å². The van der Waals surface area contributed by atoms with E-state index < -0.39 is 17.3 Å². The Kier molecular flexibility index (Phi) is 4.37. The van der Waals surface area contributed by atoms with Crippen molar-refractivity contribution in [2.45, 2.75) is 24.9 Å². The topological polar surface area (TPSA) is 49.3 Å². The van der Waals surface area contributed by atoms with E-state index >= 15 is 0 Å². The lowest BCUT2D eigenvalue weighted by molar-refractivity contribution is 0.0189. The van der Waals surface area contributed by atoms with Crippen LogP contribution >= 0.6 is 11.6 Å². The van der Waals surface area contributed by atoms with Gasteiger partial charge in [0.15, 0.2) is 0 Å². The third-order valence-electron chi connectivity index (χ3n) is 4.27. The van der Waals surface area contributed by atoms with E-state index in [-0.39, 0.29) is 17.1 Å². The summed E-state index contributed by atoms with van der Waals surface area (Å²) in [7, 11) is 0. The van der Waals surface area contributed by atoms with Crippen molar-refractivity contribution < 1.29 is 14.3 Å². The van der Waals surface area contributed by atoms with Gasteiger partial charge in [0.25, 0.3) is 5.91 Å². The zero-order valence-electron chi connectivity index (χ0n) is 12.5. The molecule has 1 aliphatic carbocycles. The number of aryl methyl sites for hydroxylation is 1. The van der Waals surface area contributed by atoms with Crippen molar-refractivity contribution in [3.63, 3.8) is 0 Å². The van der Waals surface area contributed by atoms with Gasteiger partial charge in [-0.05, 0) is 48.6 Å². The van der Waals surface area contributed by atoms with Crippen molar-refractivity contribution in [2.24, 2.45) is 0 Å². The minimum atomic E-state index is -1.09. The van der Waals surface area contributed by atoms with E-state index in [1.165, 1.54) is 12.1 Å². The van der Waals surface area contributed by atoms with Crippen LogP contribution in [0.1, 0.15) is 34.3 Å². The van der Waals surface area contributed by atoms with E-state index in [1.807, 2.05) is 24.3 Å². The van der Waals surface area contributed by atoms with Gasteiger partial charge in [0.05, 0.1) is 17.1 Å². The number of halogens is 2. The molecule has 0 saturated heterocycles. The molecule has 0 heterocycles. The zero-order valence-corrected chi connectivity index (χ0v) is 13.2. The van der Waals surface area contributed by atoms with Crippen LogP contribution in [0, 0.1) is 5.82 Å². The molecule has 0 radical (unpaired) electrons. The summed E-state index contributed by atoms with van der Waals surface area (Å²) in [6.45, 7) is 0.0938. The summed E-state index contributed by atoms with van der Waals surface area (Å²) in [6, 6.07) is 11.3. The Balaban J connectivity index is 1.77.